The van der Waals surface area contributed by atoms with Gasteiger partial charge in [-0.05, 0) is 24.6 Å². The average Bonchev–Trinajstić information content (AvgIpc) is 2.68. The molecule has 1 aromatic carbocycles. The fraction of sp³-hybridized carbons (Fsp3) is 0.385. The van der Waals surface area contributed by atoms with Gasteiger partial charge in [0.2, 0.25) is 5.91 Å². The van der Waals surface area contributed by atoms with E-state index in [-0.39, 0.29) is 11.3 Å². The normalized spacial score (nSPS) is 19.2. The van der Waals surface area contributed by atoms with Gasteiger partial charge in [-0.3, -0.25) is 4.79 Å². The maximum Gasteiger partial charge on any atom is 0.337 e. The van der Waals surface area contributed by atoms with Crippen LogP contribution in [0.15, 0.2) is 18.2 Å². The molecule has 0 saturated carbocycles. The van der Waals surface area contributed by atoms with Gasteiger partial charge in [0.15, 0.2) is 0 Å². The van der Waals surface area contributed by atoms with E-state index in [0.717, 1.165) is 11.3 Å². The van der Waals surface area contributed by atoms with Crippen molar-refractivity contribution in [2.24, 2.45) is 0 Å². The van der Waals surface area contributed by atoms with Crippen molar-refractivity contribution in [2.75, 3.05) is 18.6 Å². The van der Waals surface area contributed by atoms with Gasteiger partial charge in [-0.25, -0.2) is 4.79 Å². The minimum absolute atomic E-state index is 0.0138. The van der Waals surface area contributed by atoms with E-state index in [1.165, 1.54) is 7.11 Å². The van der Waals surface area contributed by atoms with Gasteiger partial charge in [-0.15, -0.1) is 11.6 Å². The first-order valence-corrected chi connectivity index (χ1v) is 6.10. The van der Waals surface area contributed by atoms with Crippen LogP contribution in [0.5, 0.6) is 0 Å². The summed E-state index contributed by atoms with van der Waals surface area (Å²) >= 11 is 5.98. The van der Waals surface area contributed by atoms with E-state index in [4.69, 9.17) is 11.6 Å². The molecular weight excluding hydrogens is 254 g/mol. The highest BCUT2D eigenvalue weighted by Crippen LogP contribution is 2.28. The number of ether oxygens (including phenoxy) is 1. The lowest BCUT2D eigenvalue weighted by Gasteiger charge is -2.19. The van der Waals surface area contributed by atoms with Gasteiger partial charge in [0.1, 0.15) is 0 Å². The van der Waals surface area contributed by atoms with Crippen molar-refractivity contribution < 1.29 is 14.3 Å². The van der Waals surface area contributed by atoms with Gasteiger partial charge in [0.25, 0.3) is 0 Å². The molecule has 0 radical (unpaired) electrons. The van der Waals surface area contributed by atoms with Crippen LogP contribution in [0.25, 0.3) is 0 Å². The number of alkyl halides is 1. The molecule has 1 aliphatic rings. The fourth-order valence-electron chi connectivity index (χ4n) is 2.04. The largest absolute Gasteiger partial charge is 0.465 e. The van der Waals surface area contributed by atoms with E-state index in [1.807, 2.05) is 6.92 Å². The number of anilines is 1. The van der Waals surface area contributed by atoms with Gasteiger partial charge >= 0.3 is 5.97 Å². The lowest BCUT2D eigenvalue weighted by atomic mass is 10.1. The second-order valence-corrected chi connectivity index (χ2v) is 4.92. The van der Waals surface area contributed by atoms with Crippen LogP contribution in [0, 0.1) is 6.92 Å². The standard InChI is InChI=1S/C13H14ClNO3/c1-8-3-4-9(13(17)18-2)5-11(8)15-7-10(14)6-12(15)16/h3-5,10H,6-7H2,1-2H3. The van der Waals surface area contributed by atoms with Crippen LogP contribution in [-0.4, -0.2) is 30.9 Å². The third kappa shape index (κ3) is 2.34. The molecular formula is C13H14ClNO3. The molecule has 0 bridgehead atoms. The quantitative estimate of drug-likeness (QED) is 0.609. The SMILES string of the molecule is COC(=O)c1ccc(C)c(N2CC(Cl)CC2=O)c1. The monoisotopic (exact) mass is 267 g/mol. The Bertz CT molecular complexity index is 501. The van der Waals surface area contributed by atoms with Crippen LogP contribution in [-0.2, 0) is 9.53 Å². The number of esters is 1. The number of hydrogen-bond donors (Lipinski definition) is 0. The zero-order valence-corrected chi connectivity index (χ0v) is 11.0. The summed E-state index contributed by atoms with van der Waals surface area (Å²) in [7, 11) is 1.33. The number of rotatable bonds is 2. The van der Waals surface area contributed by atoms with E-state index >= 15 is 0 Å². The Balaban J connectivity index is 2.38. The second kappa shape index (κ2) is 4.98. The molecule has 1 unspecified atom stereocenters. The van der Waals surface area contributed by atoms with Crippen molar-refractivity contribution in [3.63, 3.8) is 0 Å². The first-order valence-electron chi connectivity index (χ1n) is 5.66. The van der Waals surface area contributed by atoms with Gasteiger partial charge in [0.05, 0.1) is 18.1 Å². The molecule has 0 N–H and O–H groups in total. The molecule has 2 rings (SSSR count). The lowest BCUT2D eigenvalue weighted by molar-refractivity contribution is -0.117. The zero-order valence-electron chi connectivity index (χ0n) is 10.3. The summed E-state index contributed by atoms with van der Waals surface area (Å²) in [4.78, 5) is 24.9. The first kappa shape index (κ1) is 12.9. The van der Waals surface area contributed by atoms with E-state index < -0.39 is 5.97 Å². The molecule has 0 spiro atoms. The van der Waals surface area contributed by atoms with E-state index in [2.05, 4.69) is 4.74 Å². The first-order chi connectivity index (χ1) is 8.52. The van der Waals surface area contributed by atoms with Gasteiger partial charge in [-0.1, -0.05) is 6.07 Å². The van der Waals surface area contributed by atoms with Gasteiger partial charge < -0.3 is 9.64 Å². The molecule has 18 heavy (non-hydrogen) atoms. The molecule has 0 aliphatic carbocycles. The molecule has 1 aliphatic heterocycles. The smallest absolute Gasteiger partial charge is 0.337 e. The summed E-state index contributed by atoms with van der Waals surface area (Å²) in [6.45, 7) is 2.37. The molecule has 1 heterocycles. The van der Waals surface area contributed by atoms with Gasteiger partial charge in [-0.2, -0.15) is 0 Å². The number of aryl methyl sites for hydroxylation is 1. The summed E-state index contributed by atoms with van der Waals surface area (Å²) in [5.41, 5.74) is 2.09. The molecule has 1 atom stereocenters. The number of methoxy groups -OCH3 is 1. The molecule has 1 amide bonds. The van der Waals surface area contributed by atoms with Crippen LogP contribution in [0.1, 0.15) is 22.3 Å². The maximum atomic E-state index is 11.8. The van der Waals surface area contributed by atoms with Crippen molar-refractivity contribution in [2.45, 2.75) is 18.7 Å². The summed E-state index contributed by atoms with van der Waals surface area (Å²) in [6.07, 6.45) is 0.337. The fourth-order valence-corrected chi connectivity index (χ4v) is 2.31. The number of carbonyl (C=O) groups is 2. The average molecular weight is 268 g/mol. The lowest BCUT2D eigenvalue weighted by Crippen LogP contribution is -2.25. The molecule has 5 heteroatoms. The zero-order chi connectivity index (χ0) is 13.3. The van der Waals surface area contributed by atoms with E-state index in [1.54, 1.807) is 23.1 Å². The van der Waals surface area contributed by atoms with Crippen LogP contribution >= 0.6 is 11.6 Å². The van der Waals surface area contributed by atoms with Crippen molar-refractivity contribution in [3.05, 3.63) is 29.3 Å². The topological polar surface area (TPSA) is 46.6 Å². The minimum Gasteiger partial charge on any atom is -0.465 e. The van der Waals surface area contributed by atoms with Gasteiger partial charge in [0, 0.05) is 18.7 Å². The number of benzene rings is 1. The molecule has 1 saturated heterocycles. The number of nitrogens with zero attached hydrogens (tertiary/aromatic N) is 1. The number of hydrogen-bond acceptors (Lipinski definition) is 3. The summed E-state index contributed by atoms with van der Waals surface area (Å²) in [6, 6.07) is 5.16. The Morgan fingerprint density at radius 3 is 2.78 bits per heavy atom. The van der Waals surface area contributed by atoms with E-state index in [0.29, 0.717) is 18.5 Å². The highest BCUT2D eigenvalue weighted by molar-refractivity contribution is 6.24. The predicted molar refractivity (Wildman–Crippen MR) is 69.1 cm³/mol. The van der Waals surface area contributed by atoms with Crippen LogP contribution in [0.3, 0.4) is 0 Å². The Kier molecular flexibility index (Phi) is 3.57. The Hall–Kier alpha value is -1.55. The second-order valence-electron chi connectivity index (χ2n) is 4.30. The maximum absolute atomic E-state index is 11.8. The Labute approximate surface area is 110 Å². The van der Waals surface area contributed by atoms with Crippen molar-refractivity contribution >= 4 is 29.2 Å². The van der Waals surface area contributed by atoms with Crippen LogP contribution in [0.2, 0.25) is 0 Å². The molecule has 1 aromatic rings. The summed E-state index contributed by atoms with van der Waals surface area (Å²) in [5.74, 6) is -0.426. The Morgan fingerprint density at radius 2 is 2.22 bits per heavy atom. The van der Waals surface area contributed by atoms with Crippen LogP contribution < -0.4 is 4.90 Å². The predicted octanol–water partition coefficient (Wildman–Crippen LogP) is 2.13. The molecule has 1 fully saturated rings. The number of halogens is 1. The summed E-state index contributed by atoms with van der Waals surface area (Å²) < 4.78 is 4.67. The third-order valence-corrected chi connectivity index (χ3v) is 3.29. The minimum atomic E-state index is -0.412. The number of amides is 1. The molecule has 96 valence electrons. The van der Waals surface area contributed by atoms with Crippen molar-refractivity contribution in [3.8, 4) is 0 Å². The summed E-state index contributed by atoms with van der Waals surface area (Å²) in [5, 5.41) is -0.168. The number of carbonyl (C=O) groups excluding carboxylic acids is 2. The third-order valence-electron chi connectivity index (χ3n) is 3.00. The highest BCUT2D eigenvalue weighted by atomic mass is 35.5. The van der Waals surface area contributed by atoms with E-state index in [9.17, 15) is 9.59 Å². The van der Waals surface area contributed by atoms with Crippen molar-refractivity contribution in [1.29, 1.82) is 0 Å². The Morgan fingerprint density at radius 1 is 1.50 bits per heavy atom. The van der Waals surface area contributed by atoms with Crippen molar-refractivity contribution in [1.82, 2.24) is 0 Å². The van der Waals surface area contributed by atoms with Crippen LogP contribution in [0.4, 0.5) is 5.69 Å². The molecule has 4 nitrogen and oxygen atoms in total. The molecule has 0 aromatic heterocycles. The highest BCUT2D eigenvalue weighted by Gasteiger charge is 2.30.